The molecule has 1 rings (SSSR count). The van der Waals surface area contributed by atoms with Crippen molar-refractivity contribution in [3.05, 3.63) is 34.9 Å². The van der Waals surface area contributed by atoms with Gasteiger partial charge in [0.15, 0.2) is 0 Å². The van der Waals surface area contributed by atoms with Gasteiger partial charge in [0.05, 0.1) is 0 Å². The number of carboxylic acid groups (broad SMARTS) is 1. The van der Waals surface area contributed by atoms with Gasteiger partial charge in [-0.1, -0.05) is 29.8 Å². The monoisotopic (exact) mass is 197 g/mol. The molecule has 0 spiro atoms. The smallest absolute Gasteiger partial charge is 0.328 e. The van der Waals surface area contributed by atoms with E-state index in [1.807, 2.05) is 0 Å². The fourth-order valence-corrected chi connectivity index (χ4v) is 1.04. The van der Waals surface area contributed by atoms with E-state index >= 15 is 0 Å². The number of hydrogen-bond donors (Lipinski definition) is 1. The minimum absolute atomic E-state index is 0.197. The molecule has 0 saturated carbocycles. The first-order valence-electron chi connectivity index (χ1n) is 3.47. The maximum atomic E-state index is 10.8. The Morgan fingerprint density at radius 1 is 1.54 bits per heavy atom. The second kappa shape index (κ2) is 3.96. The Labute approximate surface area is 79.9 Å². The van der Waals surface area contributed by atoms with Crippen molar-refractivity contribution in [1.82, 2.24) is 0 Å². The summed E-state index contributed by atoms with van der Waals surface area (Å²) in [6.07, 6.45) is 2.30. The van der Waals surface area contributed by atoms with E-state index in [9.17, 15) is 9.90 Å². The fraction of sp³-hybridized carbons (Fsp3) is 0. The van der Waals surface area contributed by atoms with Crippen molar-refractivity contribution >= 4 is 23.6 Å². The third-order valence-electron chi connectivity index (χ3n) is 1.38. The van der Waals surface area contributed by atoms with Crippen LogP contribution in [0.15, 0.2) is 24.3 Å². The SMILES string of the molecule is O=C(O)/C=C/c1ccc([O-])cc1Cl. The molecule has 0 atom stereocenters. The van der Waals surface area contributed by atoms with Gasteiger partial charge >= 0.3 is 5.97 Å². The first kappa shape index (κ1) is 9.61. The zero-order chi connectivity index (χ0) is 9.84. The Balaban J connectivity index is 2.96. The van der Waals surface area contributed by atoms with Gasteiger partial charge in [-0.05, 0) is 11.6 Å². The zero-order valence-electron chi connectivity index (χ0n) is 6.53. The van der Waals surface area contributed by atoms with Crippen LogP contribution in [-0.2, 0) is 4.79 Å². The lowest BCUT2D eigenvalue weighted by Crippen LogP contribution is -1.90. The average molecular weight is 198 g/mol. The molecule has 1 N–H and O–H groups in total. The largest absolute Gasteiger partial charge is 0.872 e. The van der Waals surface area contributed by atoms with Crippen molar-refractivity contribution in [3.63, 3.8) is 0 Å². The molecule has 0 radical (unpaired) electrons. The van der Waals surface area contributed by atoms with Gasteiger partial charge in [0.1, 0.15) is 0 Å². The molecule has 0 amide bonds. The summed E-state index contributed by atoms with van der Waals surface area (Å²) in [5.41, 5.74) is 0.517. The number of carboxylic acids is 1. The highest BCUT2D eigenvalue weighted by Crippen LogP contribution is 2.20. The highest BCUT2D eigenvalue weighted by atomic mass is 35.5. The van der Waals surface area contributed by atoms with Crippen molar-refractivity contribution < 1.29 is 15.0 Å². The molecule has 0 aliphatic carbocycles. The average Bonchev–Trinajstić information content (AvgIpc) is 2.02. The number of carbonyl (C=O) groups is 1. The van der Waals surface area contributed by atoms with Crippen LogP contribution in [0.4, 0.5) is 0 Å². The van der Waals surface area contributed by atoms with E-state index in [1.165, 1.54) is 24.3 Å². The summed E-state index contributed by atoms with van der Waals surface area (Å²) in [7, 11) is 0. The van der Waals surface area contributed by atoms with Crippen molar-refractivity contribution in [1.29, 1.82) is 0 Å². The Morgan fingerprint density at radius 3 is 2.77 bits per heavy atom. The minimum atomic E-state index is -1.05. The normalized spacial score (nSPS) is 10.5. The third-order valence-corrected chi connectivity index (χ3v) is 1.70. The predicted molar refractivity (Wildman–Crippen MR) is 47.6 cm³/mol. The molecule has 0 saturated heterocycles. The Hall–Kier alpha value is -1.48. The zero-order valence-corrected chi connectivity index (χ0v) is 7.28. The molecule has 0 aliphatic rings. The lowest BCUT2D eigenvalue weighted by atomic mass is 10.2. The minimum Gasteiger partial charge on any atom is -0.872 e. The molecule has 0 unspecified atom stereocenters. The number of halogens is 1. The van der Waals surface area contributed by atoms with Crippen LogP contribution in [0, 0.1) is 0 Å². The lowest BCUT2D eigenvalue weighted by Gasteiger charge is -2.05. The summed E-state index contributed by atoms with van der Waals surface area (Å²) in [4.78, 5) is 10.2. The molecule has 0 bridgehead atoms. The molecular weight excluding hydrogens is 192 g/mol. The van der Waals surface area contributed by atoms with E-state index in [0.717, 1.165) is 6.08 Å². The van der Waals surface area contributed by atoms with Crippen molar-refractivity contribution in [2.75, 3.05) is 0 Å². The van der Waals surface area contributed by atoms with Crippen molar-refractivity contribution in [3.8, 4) is 5.75 Å². The summed E-state index contributed by atoms with van der Waals surface area (Å²) < 4.78 is 0. The fourth-order valence-electron chi connectivity index (χ4n) is 0.804. The first-order valence-corrected chi connectivity index (χ1v) is 3.85. The molecule has 0 fully saturated rings. The van der Waals surface area contributed by atoms with Crippen LogP contribution in [0.5, 0.6) is 5.75 Å². The molecule has 1 aromatic carbocycles. The maximum Gasteiger partial charge on any atom is 0.328 e. The summed E-state index contributed by atoms with van der Waals surface area (Å²) >= 11 is 5.67. The molecule has 1 aromatic rings. The third kappa shape index (κ3) is 2.80. The van der Waals surface area contributed by atoms with Crippen LogP contribution < -0.4 is 5.11 Å². The van der Waals surface area contributed by atoms with E-state index in [2.05, 4.69) is 0 Å². The van der Waals surface area contributed by atoms with E-state index in [-0.39, 0.29) is 10.8 Å². The first-order chi connectivity index (χ1) is 6.09. The number of hydrogen-bond acceptors (Lipinski definition) is 2. The van der Waals surface area contributed by atoms with Gasteiger partial charge in [-0.3, -0.25) is 0 Å². The van der Waals surface area contributed by atoms with Gasteiger partial charge in [0.2, 0.25) is 0 Å². The van der Waals surface area contributed by atoms with Gasteiger partial charge in [0, 0.05) is 11.1 Å². The van der Waals surface area contributed by atoms with Crippen LogP contribution in [0.25, 0.3) is 6.08 Å². The second-order valence-electron chi connectivity index (χ2n) is 2.35. The highest BCUT2D eigenvalue weighted by molar-refractivity contribution is 6.32. The van der Waals surface area contributed by atoms with Crippen LogP contribution >= 0.6 is 11.6 Å². The standard InChI is InChI=1S/C9H7ClO3/c10-8-5-7(11)3-1-6(8)2-4-9(12)13/h1-5,11H,(H,12,13)/p-1/b4-2+. The Bertz CT molecular complexity index is 358. The van der Waals surface area contributed by atoms with Gasteiger partial charge in [-0.2, -0.15) is 0 Å². The van der Waals surface area contributed by atoms with E-state index in [1.54, 1.807) is 0 Å². The van der Waals surface area contributed by atoms with Crippen molar-refractivity contribution in [2.45, 2.75) is 0 Å². The van der Waals surface area contributed by atoms with Crippen molar-refractivity contribution in [2.24, 2.45) is 0 Å². The van der Waals surface area contributed by atoms with Crippen LogP contribution in [0.1, 0.15) is 5.56 Å². The highest BCUT2D eigenvalue weighted by Gasteiger charge is 1.95. The molecule has 68 valence electrons. The summed E-state index contributed by atoms with van der Waals surface area (Å²) in [6, 6.07) is 4.04. The predicted octanol–water partition coefficient (Wildman–Crippen LogP) is 1.51. The quantitative estimate of drug-likeness (QED) is 0.732. The summed E-state index contributed by atoms with van der Waals surface area (Å²) in [5, 5.41) is 19.3. The number of benzene rings is 1. The number of aliphatic carboxylic acids is 1. The molecule has 13 heavy (non-hydrogen) atoms. The van der Waals surface area contributed by atoms with E-state index in [0.29, 0.717) is 5.56 Å². The molecule has 3 nitrogen and oxygen atoms in total. The van der Waals surface area contributed by atoms with E-state index in [4.69, 9.17) is 16.7 Å². The molecule has 0 aliphatic heterocycles. The lowest BCUT2D eigenvalue weighted by molar-refractivity contribution is -0.268. The van der Waals surface area contributed by atoms with Crippen LogP contribution in [0.3, 0.4) is 0 Å². The molecule has 0 heterocycles. The molecule has 0 aromatic heterocycles. The van der Waals surface area contributed by atoms with Gasteiger partial charge in [-0.25, -0.2) is 4.79 Å². The van der Waals surface area contributed by atoms with Gasteiger partial charge in [0.25, 0.3) is 0 Å². The number of rotatable bonds is 2. The summed E-state index contributed by atoms with van der Waals surface area (Å²) in [5.74, 6) is -1.25. The Morgan fingerprint density at radius 2 is 2.23 bits per heavy atom. The summed E-state index contributed by atoms with van der Waals surface area (Å²) in [6.45, 7) is 0. The topological polar surface area (TPSA) is 60.4 Å². The van der Waals surface area contributed by atoms with Crippen LogP contribution in [0.2, 0.25) is 5.02 Å². The molecular formula is C9H6ClO3-. The van der Waals surface area contributed by atoms with Gasteiger partial charge in [-0.15, -0.1) is 5.75 Å². The van der Waals surface area contributed by atoms with Crippen LogP contribution in [-0.4, -0.2) is 11.1 Å². The maximum absolute atomic E-state index is 10.8. The second-order valence-corrected chi connectivity index (χ2v) is 2.76. The van der Waals surface area contributed by atoms with Gasteiger partial charge < -0.3 is 10.2 Å². The Kier molecular flexibility index (Phi) is 2.93. The molecule has 4 heteroatoms. The van der Waals surface area contributed by atoms with E-state index < -0.39 is 5.97 Å².